The highest BCUT2D eigenvalue weighted by molar-refractivity contribution is 6.33. The third-order valence-electron chi connectivity index (χ3n) is 4.23. The van der Waals surface area contributed by atoms with Gasteiger partial charge in [0.15, 0.2) is 0 Å². The number of furan rings is 1. The van der Waals surface area contributed by atoms with Crippen LogP contribution in [0.3, 0.4) is 0 Å². The third-order valence-corrected chi connectivity index (χ3v) is 4.56. The van der Waals surface area contributed by atoms with Crippen LogP contribution in [0.5, 0.6) is 0 Å². The van der Waals surface area contributed by atoms with E-state index < -0.39 is 17.6 Å². The first-order valence-electron chi connectivity index (χ1n) is 8.65. The molecule has 3 aromatic rings. The molecule has 1 heterocycles. The van der Waals surface area contributed by atoms with Gasteiger partial charge in [0.25, 0.3) is 5.91 Å². The van der Waals surface area contributed by atoms with Crippen molar-refractivity contribution >= 4 is 29.3 Å². The van der Waals surface area contributed by atoms with Crippen molar-refractivity contribution in [1.82, 2.24) is 0 Å². The average molecular weight is 431 g/mol. The molecule has 8 heteroatoms. The number of alkyl halides is 3. The highest BCUT2D eigenvalue weighted by Gasteiger charge is 2.31. The van der Waals surface area contributed by atoms with E-state index >= 15 is 0 Å². The SMILES string of the molecule is Cc1ccccc1NC(=O)/C(C#N)=C/c1ccc(-c2cc(C(F)(F)F)ccc2Cl)o1. The summed E-state index contributed by atoms with van der Waals surface area (Å²) in [7, 11) is 0. The number of nitrogens with zero attached hydrogens (tertiary/aromatic N) is 1. The van der Waals surface area contributed by atoms with Crippen LogP contribution in [-0.2, 0) is 11.0 Å². The van der Waals surface area contributed by atoms with E-state index in [4.69, 9.17) is 16.0 Å². The number of halogens is 4. The maximum Gasteiger partial charge on any atom is 0.416 e. The molecule has 1 amide bonds. The van der Waals surface area contributed by atoms with E-state index in [0.29, 0.717) is 5.69 Å². The molecule has 0 unspecified atom stereocenters. The number of rotatable bonds is 4. The predicted molar refractivity (Wildman–Crippen MR) is 108 cm³/mol. The smallest absolute Gasteiger partial charge is 0.416 e. The monoisotopic (exact) mass is 430 g/mol. The lowest BCUT2D eigenvalue weighted by Gasteiger charge is -2.09. The Hall–Kier alpha value is -3.50. The Bertz CT molecular complexity index is 1170. The van der Waals surface area contributed by atoms with Crippen LogP contribution in [0, 0.1) is 18.3 Å². The van der Waals surface area contributed by atoms with Crippen molar-refractivity contribution in [2.24, 2.45) is 0 Å². The first-order chi connectivity index (χ1) is 14.2. The molecule has 152 valence electrons. The van der Waals surface area contributed by atoms with Gasteiger partial charge < -0.3 is 9.73 Å². The molecule has 0 bridgehead atoms. The molecular weight excluding hydrogens is 417 g/mol. The number of aryl methyl sites for hydroxylation is 1. The maximum atomic E-state index is 13.0. The zero-order chi connectivity index (χ0) is 21.9. The van der Waals surface area contributed by atoms with Crippen LogP contribution >= 0.6 is 11.6 Å². The molecule has 4 nitrogen and oxygen atoms in total. The van der Waals surface area contributed by atoms with Crippen molar-refractivity contribution in [3.8, 4) is 17.4 Å². The fourth-order valence-corrected chi connectivity index (χ4v) is 2.87. The Morgan fingerprint density at radius 2 is 1.90 bits per heavy atom. The molecule has 0 radical (unpaired) electrons. The van der Waals surface area contributed by atoms with Gasteiger partial charge in [-0.1, -0.05) is 29.8 Å². The average Bonchev–Trinajstić information content (AvgIpc) is 3.15. The van der Waals surface area contributed by atoms with E-state index in [0.717, 1.165) is 23.8 Å². The topological polar surface area (TPSA) is 66.0 Å². The molecule has 30 heavy (non-hydrogen) atoms. The standard InChI is InChI=1S/C22H14ClF3N2O2/c1-13-4-2-3-5-19(13)28-21(29)14(12-27)10-16-7-9-20(30-16)17-11-15(22(24,25)26)6-8-18(17)23/h2-11H,1H3,(H,28,29)/b14-10+. The Balaban J connectivity index is 1.88. The molecule has 2 aromatic carbocycles. The largest absolute Gasteiger partial charge is 0.457 e. The lowest BCUT2D eigenvalue weighted by molar-refractivity contribution is -0.137. The second kappa shape index (κ2) is 8.47. The van der Waals surface area contributed by atoms with Crippen molar-refractivity contribution in [2.75, 3.05) is 5.32 Å². The summed E-state index contributed by atoms with van der Waals surface area (Å²) in [6.07, 6.45) is -3.32. The van der Waals surface area contributed by atoms with E-state index in [1.165, 1.54) is 18.2 Å². The Morgan fingerprint density at radius 3 is 2.57 bits per heavy atom. The molecule has 1 aromatic heterocycles. The van der Waals surface area contributed by atoms with E-state index in [1.807, 2.05) is 19.1 Å². The fourth-order valence-electron chi connectivity index (χ4n) is 2.66. The van der Waals surface area contributed by atoms with Crippen LogP contribution in [-0.4, -0.2) is 5.91 Å². The molecule has 0 atom stereocenters. The van der Waals surface area contributed by atoms with E-state index in [2.05, 4.69) is 5.32 Å². The van der Waals surface area contributed by atoms with Crippen LogP contribution in [0.15, 0.2) is 64.6 Å². The first-order valence-corrected chi connectivity index (χ1v) is 9.02. The van der Waals surface area contributed by atoms with Crippen molar-refractivity contribution in [1.29, 1.82) is 5.26 Å². The van der Waals surface area contributed by atoms with Crippen LogP contribution in [0.25, 0.3) is 17.4 Å². The quantitative estimate of drug-likeness (QED) is 0.381. The molecule has 0 aliphatic heterocycles. The van der Waals surface area contributed by atoms with Crippen molar-refractivity contribution < 1.29 is 22.4 Å². The molecule has 0 fully saturated rings. The van der Waals surface area contributed by atoms with E-state index in [-0.39, 0.29) is 27.7 Å². The van der Waals surface area contributed by atoms with Crippen LogP contribution in [0.1, 0.15) is 16.9 Å². The molecule has 0 aliphatic carbocycles. The number of para-hydroxylation sites is 1. The zero-order valence-electron chi connectivity index (χ0n) is 15.5. The molecule has 0 spiro atoms. The van der Waals surface area contributed by atoms with Gasteiger partial charge in [0, 0.05) is 17.3 Å². The molecule has 0 saturated heterocycles. The molecule has 3 rings (SSSR count). The molecule has 1 N–H and O–H groups in total. The van der Waals surface area contributed by atoms with Gasteiger partial charge in [-0.3, -0.25) is 4.79 Å². The van der Waals surface area contributed by atoms with Gasteiger partial charge in [-0.2, -0.15) is 18.4 Å². The number of amides is 1. The Kier molecular flexibility index (Phi) is 5.99. The van der Waals surface area contributed by atoms with Crippen molar-refractivity contribution in [3.63, 3.8) is 0 Å². The summed E-state index contributed by atoms with van der Waals surface area (Å²) in [5.41, 5.74) is 0.330. The van der Waals surface area contributed by atoms with Crippen LogP contribution < -0.4 is 5.32 Å². The van der Waals surface area contributed by atoms with Gasteiger partial charge in [-0.25, -0.2) is 0 Å². The van der Waals surface area contributed by atoms with Gasteiger partial charge in [-0.15, -0.1) is 0 Å². The number of carbonyl (C=O) groups is 1. The normalized spacial score (nSPS) is 11.8. The predicted octanol–water partition coefficient (Wildman–Crippen LogP) is 6.47. The zero-order valence-corrected chi connectivity index (χ0v) is 16.3. The number of benzene rings is 2. The summed E-state index contributed by atoms with van der Waals surface area (Å²) in [5.74, 6) is -0.439. The summed E-state index contributed by atoms with van der Waals surface area (Å²) in [5, 5.41) is 12.0. The first kappa shape index (κ1) is 21.2. The number of hydrogen-bond donors (Lipinski definition) is 1. The number of nitrogens with one attached hydrogen (secondary N) is 1. The maximum absolute atomic E-state index is 13.0. The van der Waals surface area contributed by atoms with Crippen LogP contribution in [0.2, 0.25) is 5.02 Å². The summed E-state index contributed by atoms with van der Waals surface area (Å²) < 4.78 is 44.4. The molecule has 0 saturated carbocycles. The van der Waals surface area contributed by atoms with Gasteiger partial charge in [-0.05, 0) is 48.9 Å². The highest BCUT2D eigenvalue weighted by Crippen LogP contribution is 2.36. The Morgan fingerprint density at radius 1 is 1.17 bits per heavy atom. The second-order valence-electron chi connectivity index (χ2n) is 6.33. The second-order valence-corrected chi connectivity index (χ2v) is 6.74. The third kappa shape index (κ3) is 4.73. The van der Waals surface area contributed by atoms with Gasteiger partial charge in [0.2, 0.25) is 0 Å². The van der Waals surface area contributed by atoms with Crippen LogP contribution in [0.4, 0.5) is 18.9 Å². The Labute approximate surface area is 175 Å². The number of nitriles is 1. The molecular formula is C22H14ClF3N2O2. The van der Waals surface area contributed by atoms with Gasteiger partial charge >= 0.3 is 6.18 Å². The lowest BCUT2D eigenvalue weighted by Crippen LogP contribution is -2.14. The summed E-state index contributed by atoms with van der Waals surface area (Å²) in [6, 6.07) is 14.6. The van der Waals surface area contributed by atoms with E-state index in [1.54, 1.807) is 18.2 Å². The van der Waals surface area contributed by atoms with Crippen molar-refractivity contribution in [3.05, 3.63) is 82.1 Å². The minimum Gasteiger partial charge on any atom is -0.457 e. The molecule has 0 aliphatic rings. The lowest BCUT2D eigenvalue weighted by atomic mass is 10.1. The number of anilines is 1. The summed E-state index contributed by atoms with van der Waals surface area (Å²) in [6.45, 7) is 1.81. The minimum atomic E-state index is -4.53. The highest BCUT2D eigenvalue weighted by atomic mass is 35.5. The minimum absolute atomic E-state index is 0.0500. The van der Waals surface area contributed by atoms with Crippen molar-refractivity contribution in [2.45, 2.75) is 13.1 Å². The van der Waals surface area contributed by atoms with E-state index in [9.17, 15) is 23.2 Å². The number of hydrogen-bond acceptors (Lipinski definition) is 3. The summed E-state index contributed by atoms with van der Waals surface area (Å²) in [4.78, 5) is 12.4. The fraction of sp³-hybridized carbons (Fsp3) is 0.0909. The van der Waals surface area contributed by atoms with Gasteiger partial charge in [0.1, 0.15) is 23.2 Å². The number of carbonyl (C=O) groups excluding carboxylic acids is 1. The summed E-state index contributed by atoms with van der Waals surface area (Å²) >= 11 is 6.02. The van der Waals surface area contributed by atoms with Gasteiger partial charge in [0.05, 0.1) is 10.6 Å².